The molecule has 1 N–H and O–H groups in total. The van der Waals surface area contributed by atoms with E-state index in [-0.39, 0.29) is 12.5 Å². The van der Waals surface area contributed by atoms with Crippen LogP contribution in [-0.4, -0.2) is 11.7 Å². The number of halogens is 1. The molecule has 1 aromatic rings. The van der Waals surface area contributed by atoms with Crippen molar-refractivity contribution >= 4 is 11.6 Å². The quantitative estimate of drug-likeness (QED) is 0.500. The number of hydrogen-bond donors (Lipinski definition) is 1. The summed E-state index contributed by atoms with van der Waals surface area (Å²) >= 11 is 6.01. The Morgan fingerprint density at radius 1 is 1.00 bits per heavy atom. The van der Waals surface area contributed by atoms with Crippen LogP contribution in [0.25, 0.3) is 0 Å². The van der Waals surface area contributed by atoms with Crippen LogP contribution in [0.5, 0.6) is 0 Å². The molecule has 0 amide bonds. The minimum atomic E-state index is 0.219. The highest BCUT2D eigenvalue weighted by atomic mass is 35.5. The maximum absolute atomic E-state index is 9.53. The summed E-state index contributed by atoms with van der Waals surface area (Å²) in [7, 11) is 0. The van der Waals surface area contributed by atoms with Crippen LogP contribution in [0.3, 0.4) is 0 Å². The van der Waals surface area contributed by atoms with Gasteiger partial charge in [-0.2, -0.15) is 0 Å². The lowest BCUT2D eigenvalue weighted by Crippen LogP contribution is -2.04. The summed E-state index contributed by atoms with van der Waals surface area (Å²) < 4.78 is 0. The van der Waals surface area contributed by atoms with E-state index in [9.17, 15) is 5.11 Å². The van der Waals surface area contributed by atoms with E-state index >= 15 is 0 Å². The lowest BCUT2D eigenvalue weighted by atomic mass is 9.93. The van der Waals surface area contributed by atoms with Crippen molar-refractivity contribution in [2.75, 3.05) is 6.61 Å². The number of benzene rings is 1. The summed E-state index contributed by atoms with van der Waals surface area (Å²) in [6, 6.07) is 7.90. The third kappa shape index (κ3) is 7.31. The molecule has 1 unspecified atom stereocenters. The highest BCUT2D eigenvalue weighted by Gasteiger charge is 2.10. The topological polar surface area (TPSA) is 20.2 Å². The molecule has 0 radical (unpaired) electrons. The van der Waals surface area contributed by atoms with Crippen LogP contribution in [0.1, 0.15) is 76.2 Å². The van der Waals surface area contributed by atoms with Crippen LogP contribution in [0.15, 0.2) is 24.3 Å². The SMILES string of the molecule is CCCCCCCCCCC(CO)c1cccc(Cl)c1. The fraction of sp³-hybridized carbons (Fsp3) is 0.667. The summed E-state index contributed by atoms with van der Waals surface area (Å²) in [4.78, 5) is 0. The first-order valence-corrected chi connectivity index (χ1v) is 8.52. The zero-order valence-electron chi connectivity index (χ0n) is 12.8. The zero-order valence-corrected chi connectivity index (χ0v) is 13.5. The average molecular weight is 297 g/mol. The van der Waals surface area contributed by atoms with Gasteiger partial charge in [0.05, 0.1) is 0 Å². The van der Waals surface area contributed by atoms with Crippen molar-refractivity contribution in [2.24, 2.45) is 0 Å². The minimum absolute atomic E-state index is 0.219. The molecular weight excluding hydrogens is 268 g/mol. The molecule has 114 valence electrons. The second-order valence-electron chi connectivity index (χ2n) is 5.70. The van der Waals surface area contributed by atoms with Gasteiger partial charge in [-0.3, -0.25) is 0 Å². The van der Waals surface area contributed by atoms with Crippen molar-refractivity contribution < 1.29 is 5.11 Å². The molecule has 0 saturated carbocycles. The molecule has 0 saturated heterocycles. The Morgan fingerprint density at radius 2 is 1.65 bits per heavy atom. The van der Waals surface area contributed by atoms with Crippen LogP contribution < -0.4 is 0 Å². The molecule has 0 aliphatic carbocycles. The first kappa shape index (κ1) is 17.5. The van der Waals surface area contributed by atoms with Gasteiger partial charge < -0.3 is 5.11 Å². The third-order valence-electron chi connectivity index (χ3n) is 3.95. The zero-order chi connectivity index (χ0) is 14.6. The van der Waals surface area contributed by atoms with Crippen molar-refractivity contribution in [3.8, 4) is 0 Å². The summed E-state index contributed by atoms with van der Waals surface area (Å²) in [5.41, 5.74) is 1.17. The number of aliphatic hydroxyl groups excluding tert-OH is 1. The molecule has 0 heterocycles. The molecule has 0 bridgehead atoms. The Hall–Kier alpha value is -0.530. The van der Waals surface area contributed by atoms with Gasteiger partial charge in [0.2, 0.25) is 0 Å². The molecule has 0 aromatic heterocycles. The van der Waals surface area contributed by atoms with E-state index in [1.54, 1.807) is 0 Å². The van der Waals surface area contributed by atoms with Crippen molar-refractivity contribution in [1.82, 2.24) is 0 Å². The van der Waals surface area contributed by atoms with Gasteiger partial charge >= 0.3 is 0 Å². The van der Waals surface area contributed by atoms with E-state index in [4.69, 9.17) is 11.6 Å². The van der Waals surface area contributed by atoms with Crippen molar-refractivity contribution in [3.63, 3.8) is 0 Å². The number of rotatable bonds is 11. The lowest BCUT2D eigenvalue weighted by molar-refractivity contribution is 0.256. The van der Waals surface area contributed by atoms with Crippen molar-refractivity contribution in [3.05, 3.63) is 34.9 Å². The van der Waals surface area contributed by atoms with Crippen molar-refractivity contribution in [2.45, 2.75) is 70.6 Å². The van der Waals surface area contributed by atoms with Crippen LogP contribution in [0.2, 0.25) is 5.02 Å². The number of unbranched alkanes of at least 4 members (excludes halogenated alkanes) is 7. The molecule has 1 rings (SSSR count). The predicted octanol–water partition coefficient (Wildman–Crippen LogP) is 5.95. The molecule has 0 aliphatic heterocycles. The van der Waals surface area contributed by atoms with Crippen molar-refractivity contribution in [1.29, 1.82) is 0 Å². The van der Waals surface area contributed by atoms with Crippen LogP contribution in [0, 0.1) is 0 Å². The first-order chi connectivity index (χ1) is 9.77. The summed E-state index contributed by atoms with van der Waals surface area (Å²) in [5, 5.41) is 10.3. The Kier molecular flexibility index (Phi) is 9.78. The van der Waals surface area contributed by atoms with Crippen LogP contribution in [-0.2, 0) is 0 Å². The van der Waals surface area contributed by atoms with E-state index in [0.29, 0.717) is 0 Å². The Morgan fingerprint density at radius 3 is 2.25 bits per heavy atom. The maximum Gasteiger partial charge on any atom is 0.0499 e. The van der Waals surface area contributed by atoms with E-state index < -0.39 is 0 Å². The fourth-order valence-electron chi connectivity index (χ4n) is 2.65. The van der Waals surface area contributed by atoms with E-state index in [1.807, 2.05) is 18.2 Å². The van der Waals surface area contributed by atoms with Gasteiger partial charge in [-0.1, -0.05) is 82.0 Å². The molecule has 1 aromatic carbocycles. The smallest absolute Gasteiger partial charge is 0.0499 e. The molecule has 0 spiro atoms. The monoisotopic (exact) mass is 296 g/mol. The molecule has 0 fully saturated rings. The van der Waals surface area contributed by atoms with Crippen LogP contribution >= 0.6 is 11.6 Å². The fourth-order valence-corrected chi connectivity index (χ4v) is 2.85. The first-order valence-electron chi connectivity index (χ1n) is 8.14. The van der Waals surface area contributed by atoms with Gasteiger partial charge in [0.1, 0.15) is 0 Å². The van der Waals surface area contributed by atoms with E-state index in [1.165, 1.54) is 56.9 Å². The predicted molar refractivity (Wildman–Crippen MR) is 88.5 cm³/mol. The molecule has 1 nitrogen and oxygen atoms in total. The highest BCUT2D eigenvalue weighted by molar-refractivity contribution is 6.30. The van der Waals surface area contributed by atoms with Gasteiger partial charge in [-0.05, 0) is 24.1 Å². The third-order valence-corrected chi connectivity index (χ3v) is 4.18. The Balaban J connectivity index is 2.16. The maximum atomic E-state index is 9.53. The van der Waals surface area contributed by atoms with E-state index in [2.05, 4.69) is 13.0 Å². The van der Waals surface area contributed by atoms with Gasteiger partial charge in [-0.15, -0.1) is 0 Å². The lowest BCUT2D eigenvalue weighted by Gasteiger charge is -2.14. The van der Waals surface area contributed by atoms with Crippen LogP contribution in [0.4, 0.5) is 0 Å². The molecular formula is C18H29ClO. The number of hydrogen-bond acceptors (Lipinski definition) is 1. The second kappa shape index (κ2) is 11.2. The Bertz CT molecular complexity index is 351. The molecule has 1 atom stereocenters. The van der Waals surface area contributed by atoms with E-state index in [0.717, 1.165) is 11.4 Å². The molecule has 0 aliphatic rings. The minimum Gasteiger partial charge on any atom is -0.396 e. The normalized spacial score (nSPS) is 12.6. The van der Waals surface area contributed by atoms with Gasteiger partial charge in [0, 0.05) is 17.5 Å². The summed E-state index contributed by atoms with van der Waals surface area (Å²) in [6.07, 6.45) is 11.7. The van der Waals surface area contributed by atoms with Gasteiger partial charge in [0.15, 0.2) is 0 Å². The Labute approximate surface area is 129 Å². The highest BCUT2D eigenvalue weighted by Crippen LogP contribution is 2.24. The summed E-state index contributed by atoms with van der Waals surface area (Å²) in [5.74, 6) is 0.244. The second-order valence-corrected chi connectivity index (χ2v) is 6.13. The largest absolute Gasteiger partial charge is 0.396 e. The standard InChI is InChI=1S/C18H29ClO/c1-2-3-4-5-6-7-8-9-11-17(15-20)16-12-10-13-18(19)14-16/h10,12-14,17,20H,2-9,11,15H2,1H3. The summed E-state index contributed by atoms with van der Waals surface area (Å²) in [6.45, 7) is 2.47. The number of aliphatic hydroxyl groups is 1. The van der Waals surface area contributed by atoms with Gasteiger partial charge in [0.25, 0.3) is 0 Å². The molecule has 20 heavy (non-hydrogen) atoms. The molecule has 2 heteroatoms. The van der Waals surface area contributed by atoms with Gasteiger partial charge in [-0.25, -0.2) is 0 Å². The average Bonchev–Trinajstić information content (AvgIpc) is 2.46.